The van der Waals surface area contributed by atoms with Crippen molar-refractivity contribution in [2.24, 2.45) is 11.7 Å². The summed E-state index contributed by atoms with van der Waals surface area (Å²) >= 11 is 0. The summed E-state index contributed by atoms with van der Waals surface area (Å²) in [5.74, 6) is 2.51. The van der Waals surface area contributed by atoms with E-state index < -0.39 is 0 Å². The molecule has 3 heterocycles. The lowest BCUT2D eigenvalue weighted by Gasteiger charge is -2.22. The number of nitrogens with one attached hydrogen (secondary N) is 5. The minimum atomic E-state index is 0.603. The Hall–Kier alpha value is -1.79. The fourth-order valence-corrected chi connectivity index (χ4v) is 4.52. The van der Waals surface area contributed by atoms with Crippen LogP contribution >= 0.6 is 0 Å². The van der Waals surface area contributed by atoms with Crippen molar-refractivity contribution in [3.8, 4) is 0 Å². The Labute approximate surface area is 217 Å². The molecule has 0 aromatic carbocycles. The largest absolute Gasteiger partial charge is 0.381 e. The monoisotopic (exact) mass is 506 g/mol. The van der Waals surface area contributed by atoms with Gasteiger partial charge in [-0.2, -0.15) is 15.0 Å². The van der Waals surface area contributed by atoms with Crippen molar-refractivity contribution in [2.45, 2.75) is 51.4 Å². The molecule has 0 atom stereocenters. The number of rotatable bonds is 20. The van der Waals surface area contributed by atoms with Crippen LogP contribution in [-0.4, -0.2) is 105 Å². The molecule has 3 rings (SSSR count). The minimum absolute atomic E-state index is 0.603. The van der Waals surface area contributed by atoms with Gasteiger partial charge in [0.25, 0.3) is 0 Å². The Kier molecular flexibility index (Phi) is 14.8. The summed E-state index contributed by atoms with van der Waals surface area (Å²) in [7, 11) is 0. The molecule has 206 valence electrons. The molecule has 0 radical (unpaired) electrons. The lowest BCUT2D eigenvalue weighted by atomic mass is 10.0. The molecule has 0 saturated carbocycles. The van der Waals surface area contributed by atoms with E-state index in [-0.39, 0.29) is 0 Å². The van der Waals surface area contributed by atoms with Gasteiger partial charge in [-0.25, -0.2) is 0 Å². The van der Waals surface area contributed by atoms with Gasteiger partial charge in [0.05, 0.1) is 0 Å². The SMILES string of the molecule is NCCCNCCCCNCCCNc1nc(NCCN2CCCC2)nc(NCC2CCOCC2)n1. The van der Waals surface area contributed by atoms with Gasteiger partial charge in [-0.05, 0) is 103 Å². The molecule has 2 saturated heterocycles. The summed E-state index contributed by atoms with van der Waals surface area (Å²) in [6.07, 6.45) is 9.23. The summed E-state index contributed by atoms with van der Waals surface area (Å²) < 4.78 is 5.48. The van der Waals surface area contributed by atoms with Crippen LogP contribution in [0, 0.1) is 5.92 Å². The first-order valence-electron chi connectivity index (χ1n) is 14.2. The molecule has 0 unspecified atom stereocenters. The highest BCUT2D eigenvalue weighted by molar-refractivity contribution is 5.42. The van der Waals surface area contributed by atoms with Crippen molar-refractivity contribution < 1.29 is 4.74 Å². The van der Waals surface area contributed by atoms with Crippen LogP contribution in [0.3, 0.4) is 0 Å². The Morgan fingerprint density at radius 2 is 1.31 bits per heavy atom. The van der Waals surface area contributed by atoms with Crippen LogP contribution in [0.2, 0.25) is 0 Å². The number of hydrogen-bond donors (Lipinski definition) is 6. The van der Waals surface area contributed by atoms with Gasteiger partial charge in [0.15, 0.2) is 0 Å². The minimum Gasteiger partial charge on any atom is -0.381 e. The van der Waals surface area contributed by atoms with Gasteiger partial charge in [-0.15, -0.1) is 0 Å². The number of aromatic nitrogens is 3. The van der Waals surface area contributed by atoms with E-state index in [2.05, 4.69) is 46.4 Å². The molecule has 1 aromatic heterocycles. The molecular weight excluding hydrogens is 456 g/mol. The summed E-state index contributed by atoms with van der Waals surface area (Å²) in [5, 5.41) is 17.2. The zero-order valence-corrected chi connectivity index (χ0v) is 22.2. The molecule has 0 bridgehead atoms. The highest BCUT2D eigenvalue weighted by Gasteiger charge is 2.15. The first-order valence-corrected chi connectivity index (χ1v) is 14.2. The molecule has 11 nitrogen and oxygen atoms in total. The van der Waals surface area contributed by atoms with Gasteiger partial charge in [0.1, 0.15) is 0 Å². The van der Waals surface area contributed by atoms with Crippen molar-refractivity contribution in [3.63, 3.8) is 0 Å². The molecule has 7 N–H and O–H groups in total. The van der Waals surface area contributed by atoms with E-state index >= 15 is 0 Å². The molecule has 0 aliphatic carbocycles. The molecule has 0 spiro atoms. The molecular formula is C25H50N10O. The van der Waals surface area contributed by atoms with Crippen molar-refractivity contribution in [1.29, 1.82) is 0 Å². The zero-order chi connectivity index (χ0) is 25.1. The van der Waals surface area contributed by atoms with E-state index in [0.717, 1.165) is 97.8 Å². The van der Waals surface area contributed by atoms with Gasteiger partial charge in [0.2, 0.25) is 17.8 Å². The fraction of sp³-hybridized carbons (Fsp3) is 0.880. The number of nitrogens with zero attached hydrogens (tertiary/aromatic N) is 4. The third-order valence-electron chi connectivity index (χ3n) is 6.76. The predicted octanol–water partition coefficient (Wildman–Crippen LogP) is 1.33. The predicted molar refractivity (Wildman–Crippen MR) is 148 cm³/mol. The lowest BCUT2D eigenvalue weighted by molar-refractivity contribution is 0.0699. The van der Waals surface area contributed by atoms with Gasteiger partial charge in [0, 0.05) is 39.4 Å². The average Bonchev–Trinajstić information content (AvgIpc) is 3.42. The van der Waals surface area contributed by atoms with Gasteiger partial charge >= 0.3 is 0 Å². The van der Waals surface area contributed by atoms with Crippen LogP contribution in [0.5, 0.6) is 0 Å². The lowest BCUT2D eigenvalue weighted by Crippen LogP contribution is -2.27. The van der Waals surface area contributed by atoms with Crippen LogP contribution in [0.4, 0.5) is 17.8 Å². The first kappa shape index (κ1) is 28.8. The maximum atomic E-state index is 5.51. The van der Waals surface area contributed by atoms with E-state index in [1.807, 2.05) is 0 Å². The average molecular weight is 507 g/mol. The van der Waals surface area contributed by atoms with Gasteiger partial charge in [-0.3, -0.25) is 0 Å². The zero-order valence-electron chi connectivity index (χ0n) is 22.2. The topological polar surface area (TPSA) is 137 Å². The maximum Gasteiger partial charge on any atom is 0.229 e. The number of unbranched alkanes of at least 4 members (excludes halogenated alkanes) is 1. The van der Waals surface area contributed by atoms with E-state index in [9.17, 15) is 0 Å². The second kappa shape index (κ2) is 18.5. The van der Waals surface area contributed by atoms with Crippen LogP contribution in [0.1, 0.15) is 51.4 Å². The normalized spacial score (nSPS) is 16.9. The Balaban J connectivity index is 1.35. The number of anilines is 3. The molecule has 36 heavy (non-hydrogen) atoms. The number of hydrogen-bond acceptors (Lipinski definition) is 11. The van der Waals surface area contributed by atoms with E-state index in [1.54, 1.807) is 0 Å². The quantitative estimate of drug-likeness (QED) is 0.143. The summed E-state index contributed by atoms with van der Waals surface area (Å²) in [5.41, 5.74) is 5.51. The Morgan fingerprint density at radius 3 is 1.97 bits per heavy atom. The summed E-state index contributed by atoms with van der Waals surface area (Å²) in [6, 6.07) is 0. The molecule has 2 aliphatic rings. The van der Waals surface area contributed by atoms with Crippen molar-refractivity contribution in [1.82, 2.24) is 30.5 Å². The van der Waals surface area contributed by atoms with E-state index in [1.165, 1.54) is 38.8 Å². The first-order chi connectivity index (χ1) is 17.8. The second-order valence-corrected chi connectivity index (χ2v) is 9.85. The Bertz CT molecular complexity index is 683. The second-order valence-electron chi connectivity index (χ2n) is 9.85. The molecule has 1 aromatic rings. The summed E-state index contributed by atoms with van der Waals surface area (Å²) in [6.45, 7) is 12.5. The van der Waals surface area contributed by atoms with Crippen molar-refractivity contribution in [3.05, 3.63) is 0 Å². The Morgan fingerprint density at radius 1 is 0.722 bits per heavy atom. The molecule has 2 aliphatic heterocycles. The van der Waals surface area contributed by atoms with Crippen LogP contribution in [-0.2, 0) is 4.74 Å². The molecule has 11 heteroatoms. The van der Waals surface area contributed by atoms with Crippen LogP contribution in [0.25, 0.3) is 0 Å². The highest BCUT2D eigenvalue weighted by atomic mass is 16.5. The van der Waals surface area contributed by atoms with Gasteiger partial charge < -0.3 is 42.0 Å². The smallest absolute Gasteiger partial charge is 0.229 e. The number of ether oxygens (including phenoxy) is 1. The number of nitrogens with two attached hydrogens (primary N) is 1. The van der Waals surface area contributed by atoms with Crippen molar-refractivity contribution >= 4 is 17.8 Å². The van der Waals surface area contributed by atoms with Gasteiger partial charge in [-0.1, -0.05) is 0 Å². The third-order valence-corrected chi connectivity index (χ3v) is 6.76. The van der Waals surface area contributed by atoms with E-state index in [0.29, 0.717) is 23.8 Å². The molecule has 0 amide bonds. The molecule has 2 fully saturated rings. The fourth-order valence-electron chi connectivity index (χ4n) is 4.52. The number of likely N-dealkylation sites (tertiary alicyclic amines) is 1. The standard InChI is InChI=1S/C25H50N10O/c26-9-5-12-27-10-1-2-11-28-13-6-14-29-23-32-24(30-15-18-35-16-3-4-17-35)34-25(33-23)31-21-22-7-19-36-20-8-22/h22,27-28H,1-21,26H2,(H3,29,30,31,32,33,34). The van der Waals surface area contributed by atoms with E-state index in [4.69, 9.17) is 10.5 Å². The highest BCUT2D eigenvalue weighted by Crippen LogP contribution is 2.16. The van der Waals surface area contributed by atoms with Crippen molar-refractivity contribution in [2.75, 3.05) is 101 Å². The van der Waals surface area contributed by atoms with Crippen LogP contribution in [0.15, 0.2) is 0 Å². The third kappa shape index (κ3) is 12.4. The maximum absolute atomic E-state index is 5.51. The van der Waals surface area contributed by atoms with Crippen LogP contribution < -0.4 is 32.3 Å². The summed E-state index contributed by atoms with van der Waals surface area (Å²) in [4.78, 5) is 16.4.